The maximum Gasteiger partial charge on any atom is 0.133 e. The van der Waals surface area contributed by atoms with Crippen LogP contribution < -0.4 is 0 Å². The monoisotopic (exact) mass is 382 g/mol. The maximum absolute atomic E-state index is 14.0. The molecule has 0 heterocycles. The van der Waals surface area contributed by atoms with E-state index in [0.29, 0.717) is 9.89 Å². The molecule has 2 saturated carbocycles. The van der Waals surface area contributed by atoms with E-state index in [4.69, 9.17) is 0 Å². The lowest BCUT2D eigenvalue weighted by atomic mass is 9.44. The first-order valence-electron chi connectivity index (χ1n) is 8.54. The van der Waals surface area contributed by atoms with Crippen molar-refractivity contribution in [3.8, 4) is 5.75 Å². The van der Waals surface area contributed by atoms with Gasteiger partial charge in [0.15, 0.2) is 0 Å². The summed E-state index contributed by atoms with van der Waals surface area (Å²) in [6, 6.07) is 2.89. The van der Waals surface area contributed by atoms with E-state index < -0.39 is 0 Å². The first-order chi connectivity index (χ1) is 10.4. The fourth-order valence-corrected chi connectivity index (χ4v) is 7.37. The fourth-order valence-electron chi connectivity index (χ4n) is 6.94. The van der Waals surface area contributed by atoms with Crippen molar-refractivity contribution in [2.24, 2.45) is 16.2 Å². The van der Waals surface area contributed by atoms with Crippen LogP contribution in [0.2, 0.25) is 0 Å². The molecule has 3 heteroatoms. The van der Waals surface area contributed by atoms with Gasteiger partial charge in [0, 0.05) is 5.56 Å². The van der Waals surface area contributed by atoms with Crippen LogP contribution in [0.25, 0.3) is 0 Å². The lowest BCUT2D eigenvalue weighted by Crippen LogP contribution is -2.51. The number of hydrogen-bond acceptors (Lipinski definition) is 1. The molecule has 2 fully saturated rings. The highest BCUT2D eigenvalue weighted by Gasteiger charge is 2.56. The molecule has 2 bridgehead atoms. The maximum atomic E-state index is 14.0. The average molecular weight is 383 g/mol. The van der Waals surface area contributed by atoms with Gasteiger partial charge in [-0.1, -0.05) is 34.6 Å². The normalized spacial score (nSPS) is 39.3. The summed E-state index contributed by atoms with van der Waals surface area (Å²) >= 11 is 3.30. The average Bonchev–Trinajstić information content (AvgIpc) is 2.27. The van der Waals surface area contributed by atoms with Crippen molar-refractivity contribution in [3.63, 3.8) is 0 Å². The Kier molecular flexibility index (Phi) is 3.73. The van der Waals surface area contributed by atoms with E-state index in [-0.39, 0.29) is 27.8 Å². The number of benzene rings is 1. The third-order valence-electron chi connectivity index (χ3n) is 5.98. The van der Waals surface area contributed by atoms with E-state index in [0.717, 1.165) is 18.4 Å². The van der Waals surface area contributed by atoms with Crippen LogP contribution in [-0.2, 0) is 5.41 Å². The van der Waals surface area contributed by atoms with Gasteiger partial charge in [-0.3, -0.25) is 0 Å². The largest absolute Gasteiger partial charge is 0.506 e. The van der Waals surface area contributed by atoms with Crippen LogP contribution in [0, 0.1) is 22.1 Å². The van der Waals surface area contributed by atoms with Gasteiger partial charge in [-0.15, -0.1) is 0 Å². The summed E-state index contributed by atoms with van der Waals surface area (Å²) < 4.78 is 14.5. The Bertz CT molecular complexity index is 623. The molecule has 128 valence electrons. The summed E-state index contributed by atoms with van der Waals surface area (Å²) in [6.45, 7) is 11.7. The minimum atomic E-state index is -0.280. The molecular weight excluding hydrogens is 355 g/mol. The standard InChI is InChI=1S/C20H28BrFO/c1-17(2)8-18(3)10-19(4,9-17)12-20(5,11-18)14-6-13(22)7-15(21)16(14)23/h6-7,23H,8-12H2,1-5H3. The second-order valence-corrected chi connectivity index (χ2v) is 10.9. The zero-order chi connectivity index (χ0) is 17.3. The topological polar surface area (TPSA) is 20.2 Å². The summed E-state index contributed by atoms with van der Waals surface area (Å²) in [5.74, 6) is -0.0717. The number of phenolic OH excluding ortho intramolecular Hbond substituents is 1. The van der Waals surface area contributed by atoms with Crippen LogP contribution in [0.3, 0.4) is 0 Å². The summed E-state index contributed by atoms with van der Waals surface area (Å²) in [6.07, 6.45) is 5.63. The molecule has 23 heavy (non-hydrogen) atoms. The number of hydrogen-bond donors (Lipinski definition) is 1. The highest BCUT2D eigenvalue weighted by Crippen LogP contribution is 2.66. The second-order valence-electron chi connectivity index (χ2n) is 10.0. The lowest BCUT2D eigenvalue weighted by molar-refractivity contribution is -0.0743. The quantitative estimate of drug-likeness (QED) is 0.582. The van der Waals surface area contributed by atoms with E-state index in [9.17, 15) is 9.50 Å². The van der Waals surface area contributed by atoms with Crippen molar-refractivity contribution in [3.05, 3.63) is 28.0 Å². The molecule has 1 aromatic rings. The van der Waals surface area contributed by atoms with Crippen LogP contribution in [0.5, 0.6) is 5.75 Å². The zero-order valence-electron chi connectivity index (χ0n) is 14.9. The SMILES string of the molecule is CC1(C)CC2(C)CC(C)(C1)CC(C)(c1cc(F)cc(Br)c1O)C2. The Labute approximate surface area is 147 Å². The van der Waals surface area contributed by atoms with E-state index in [1.807, 2.05) is 0 Å². The van der Waals surface area contributed by atoms with Gasteiger partial charge in [-0.05, 0) is 81.8 Å². The van der Waals surface area contributed by atoms with E-state index in [1.54, 1.807) is 6.07 Å². The van der Waals surface area contributed by atoms with Gasteiger partial charge in [0.05, 0.1) is 4.47 Å². The van der Waals surface area contributed by atoms with Crippen LogP contribution >= 0.6 is 15.9 Å². The van der Waals surface area contributed by atoms with Crippen LogP contribution in [0.1, 0.15) is 72.3 Å². The summed E-state index contributed by atoms with van der Waals surface area (Å²) in [5.41, 5.74) is 1.42. The van der Waals surface area contributed by atoms with E-state index in [1.165, 1.54) is 25.3 Å². The molecule has 2 aliphatic carbocycles. The predicted molar refractivity (Wildman–Crippen MR) is 96.2 cm³/mol. The summed E-state index contributed by atoms with van der Waals surface area (Å²) in [4.78, 5) is 0. The van der Waals surface area contributed by atoms with Gasteiger partial charge >= 0.3 is 0 Å². The number of halogens is 2. The fraction of sp³-hybridized carbons (Fsp3) is 0.700. The van der Waals surface area contributed by atoms with Crippen molar-refractivity contribution >= 4 is 15.9 Å². The minimum absolute atomic E-state index is 0.188. The third-order valence-corrected chi connectivity index (χ3v) is 6.58. The molecular formula is C20H28BrFO. The molecule has 1 N–H and O–H groups in total. The second kappa shape index (κ2) is 4.97. The molecule has 0 saturated heterocycles. The Morgan fingerprint density at radius 1 is 0.913 bits per heavy atom. The molecule has 0 amide bonds. The molecule has 2 unspecified atom stereocenters. The number of fused-ring (bicyclic) bond motifs is 2. The van der Waals surface area contributed by atoms with Gasteiger partial charge in [-0.25, -0.2) is 4.39 Å². The summed E-state index contributed by atoms with van der Waals surface area (Å²) in [5, 5.41) is 10.6. The van der Waals surface area contributed by atoms with Gasteiger partial charge in [0.2, 0.25) is 0 Å². The van der Waals surface area contributed by atoms with Crippen LogP contribution in [0.15, 0.2) is 16.6 Å². The van der Waals surface area contributed by atoms with E-state index >= 15 is 0 Å². The number of rotatable bonds is 1. The Balaban J connectivity index is 2.08. The first kappa shape index (κ1) is 17.3. The van der Waals surface area contributed by atoms with Gasteiger partial charge in [0.1, 0.15) is 11.6 Å². The highest BCUT2D eigenvalue weighted by atomic mass is 79.9. The van der Waals surface area contributed by atoms with Gasteiger partial charge in [-0.2, -0.15) is 0 Å². The number of phenols is 1. The van der Waals surface area contributed by atoms with Crippen molar-refractivity contribution < 1.29 is 9.50 Å². The molecule has 0 radical (unpaired) electrons. The highest BCUT2D eigenvalue weighted by molar-refractivity contribution is 9.10. The Morgan fingerprint density at radius 3 is 1.96 bits per heavy atom. The Morgan fingerprint density at radius 2 is 1.43 bits per heavy atom. The van der Waals surface area contributed by atoms with Crippen molar-refractivity contribution in [2.45, 2.75) is 72.1 Å². The summed E-state index contributed by atoms with van der Waals surface area (Å²) in [7, 11) is 0. The lowest BCUT2D eigenvalue weighted by Gasteiger charge is -2.61. The van der Waals surface area contributed by atoms with Crippen molar-refractivity contribution in [1.82, 2.24) is 0 Å². The molecule has 0 aliphatic heterocycles. The molecule has 0 aromatic heterocycles. The molecule has 0 spiro atoms. The zero-order valence-corrected chi connectivity index (χ0v) is 16.5. The van der Waals surface area contributed by atoms with Gasteiger partial charge < -0.3 is 5.11 Å². The predicted octanol–water partition coefficient (Wildman–Crippen LogP) is 6.57. The van der Waals surface area contributed by atoms with Crippen LogP contribution in [-0.4, -0.2) is 5.11 Å². The Hall–Kier alpha value is -0.570. The molecule has 2 aliphatic rings. The molecule has 1 nitrogen and oxygen atoms in total. The third kappa shape index (κ3) is 3.06. The van der Waals surface area contributed by atoms with Gasteiger partial charge in [0.25, 0.3) is 0 Å². The first-order valence-corrected chi connectivity index (χ1v) is 9.33. The number of aromatic hydroxyl groups is 1. The van der Waals surface area contributed by atoms with Crippen LogP contribution in [0.4, 0.5) is 4.39 Å². The minimum Gasteiger partial charge on any atom is -0.506 e. The molecule has 1 aromatic carbocycles. The molecule has 2 atom stereocenters. The molecule has 3 rings (SSSR count). The van der Waals surface area contributed by atoms with E-state index in [2.05, 4.69) is 50.5 Å². The van der Waals surface area contributed by atoms with Crippen molar-refractivity contribution in [2.75, 3.05) is 0 Å². The van der Waals surface area contributed by atoms with Crippen molar-refractivity contribution in [1.29, 1.82) is 0 Å². The smallest absolute Gasteiger partial charge is 0.133 e.